The third-order valence-corrected chi connectivity index (χ3v) is 7.49. The lowest BCUT2D eigenvalue weighted by Gasteiger charge is -2.26. The summed E-state index contributed by atoms with van der Waals surface area (Å²) in [5.41, 5.74) is 4.35. The lowest BCUT2D eigenvalue weighted by atomic mass is 9.95. The lowest BCUT2D eigenvalue weighted by Crippen LogP contribution is -2.35. The molecule has 5 heteroatoms. The fourth-order valence-electron chi connectivity index (χ4n) is 5.39. The smallest absolute Gasteiger partial charge is 0.254 e. The van der Waals surface area contributed by atoms with Crippen molar-refractivity contribution >= 4 is 28.3 Å². The number of benzene rings is 4. The Balaban J connectivity index is 1.18. The second-order valence-corrected chi connectivity index (χ2v) is 10.0. The summed E-state index contributed by atoms with van der Waals surface area (Å²) in [6, 6.07) is 33.6. The van der Waals surface area contributed by atoms with Gasteiger partial charge in [0.1, 0.15) is 11.5 Å². The molecule has 1 aromatic heterocycles. The van der Waals surface area contributed by atoms with Crippen LogP contribution in [0.1, 0.15) is 46.5 Å². The number of amides is 2. The summed E-state index contributed by atoms with van der Waals surface area (Å²) < 4.78 is 6.23. The number of fused-ring (bicyclic) bond motifs is 2. The van der Waals surface area contributed by atoms with Gasteiger partial charge in [0.15, 0.2) is 0 Å². The number of hydrogen-bond acceptors (Lipinski definition) is 3. The van der Waals surface area contributed by atoms with Gasteiger partial charge in [-0.1, -0.05) is 79.7 Å². The van der Waals surface area contributed by atoms with Crippen LogP contribution in [0.25, 0.3) is 22.1 Å². The van der Waals surface area contributed by atoms with Crippen molar-refractivity contribution in [1.29, 1.82) is 0 Å². The van der Waals surface area contributed by atoms with Crippen molar-refractivity contribution in [3.63, 3.8) is 0 Å². The molecule has 1 aliphatic heterocycles. The van der Waals surface area contributed by atoms with Crippen molar-refractivity contribution in [2.45, 2.75) is 32.2 Å². The van der Waals surface area contributed by atoms with E-state index in [-0.39, 0.29) is 17.7 Å². The first-order valence-electron chi connectivity index (χ1n) is 13.4. The van der Waals surface area contributed by atoms with E-state index < -0.39 is 0 Å². The van der Waals surface area contributed by atoms with Crippen molar-refractivity contribution in [1.82, 2.24) is 4.90 Å². The average molecular weight is 515 g/mol. The summed E-state index contributed by atoms with van der Waals surface area (Å²) in [6.07, 6.45) is 1.38. The van der Waals surface area contributed by atoms with Crippen molar-refractivity contribution in [3.05, 3.63) is 126 Å². The third kappa shape index (κ3) is 5.08. The third-order valence-electron chi connectivity index (χ3n) is 7.49. The molecule has 4 aromatic carbocycles. The molecule has 39 heavy (non-hydrogen) atoms. The highest BCUT2D eigenvalue weighted by Gasteiger charge is 2.26. The van der Waals surface area contributed by atoms with Gasteiger partial charge in [-0.05, 0) is 53.1 Å². The van der Waals surface area contributed by atoms with Crippen LogP contribution in [0.15, 0.2) is 108 Å². The number of hydrogen-bond donors (Lipinski definition) is 1. The minimum atomic E-state index is -0.211. The Morgan fingerprint density at radius 3 is 2.49 bits per heavy atom. The molecule has 1 atom stereocenters. The maximum atomic E-state index is 13.3. The highest BCUT2D eigenvalue weighted by molar-refractivity contribution is 5.99. The van der Waals surface area contributed by atoms with Crippen LogP contribution in [0.5, 0.6) is 0 Å². The number of furan rings is 1. The normalized spacial score (nSPS) is 13.6. The van der Waals surface area contributed by atoms with Crippen LogP contribution in [0.4, 0.5) is 5.69 Å². The number of rotatable bonds is 6. The molecule has 5 aromatic rings. The van der Waals surface area contributed by atoms with E-state index in [1.165, 1.54) is 0 Å². The first-order chi connectivity index (χ1) is 19.1. The maximum Gasteiger partial charge on any atom is 0.254 e. The van der Waals surface area contributed by atoms with Crippen LogP contribution in [0, 0.1) is 0 Å². The second kappa shape index (κ2) is 10.6. The van der Waals surface area contributed by atoms with Crippen molar-refractivity contribution in [2.24, 2.45) is 0 Å². The molecule has 0 unspecified atom stereocenters. The number of nitrogens with one attached hydrogen (secondary N) is 1. The number of anilines is 1. The Morgan fingerprint density at radius 2 is 1.67 bits per heavy atom. The molecule has 0 fully saturated rings. The first-order valence-corrected chi connectivity index (χ1v) is 13.4. The molecule has 0 bridgehead atoms. The Morgan fingerprint density at radius 1 is 0.872 bits per heavy atom. The highest BCUT2D eigenvalue weighted by Crippen LogP contribution is 2.32. The number of carbonyl (C=O) groups excluding carboxylic acids is 2. The first kappa shape index (κ1) is 24.7. The summed E-state index contributed by atoms with van der Waals surface area (Å²) in [7, 11) is 0. The van der Waals surface area contributed by atoms with E-state index in [4.69, 9.17) is 4.42 Å². The molecule has 2 amide bonds. The molecule has 2 heterocycles. The van der Waals surface area contributed by atoms with Crippen LogP contribution in [-0.2, 0) is 17.8 Å². The molecule has 5 nitrogen and oxygen atoms in total. The topological polar surface area (TPSA) is 62.6 Å². The van der Waals surface area contributed by atoms with E-state index in [0.29, 0.717) is 25.1 Å². The van der Waals surface area contributed by atoms with E-state index in [9.17, 15) is 9.59 Å². The van der Waals surface area contributed by atoms with Gasteiger partial charge in [-0.15, -0.1) is 0 Å². The minimum Gasteiger partial charge on any atom is -0.461 e. The van der Waals surface area contributed by atoms with Gasteiger partial charge in [-0.3, -0.25) is 9.59 Å². The summed E-state index contributed by atoms with van der Waals surface area (Å²) in [5, 5.41) is 5.27. The van der Waals surface area contributed by atoms with Crippen LogP contribution in [-0.4, -0.2) is 23.3 Å². The molecule has 0 saturated carbocycles. The summed E-state index contributed by atoms with van der Waals surface area (Å²) >= 11 is 0. The van der Waals surface area contributed by atoms with Gasteiger partial charge < -0.3 is 14.6 Å². The predicted molar refractivity (Wildman–Crippen MR) is 155 cm³/mol. The van der Waals surface area contributed by atoms with Crippen molar-refractivity contribution < 1.29 is 14.0 Å². The van der Waals surface area contributed by atoms with Gasteiger partial charge in [0, 0.05) is 41.9 Å². The van der Waals surface area contributed by atoms with Crippen LogP contribution >= 0.6 is 0 Å². The average Bonchev–Trinajstić information content (AvgIpc) is 3.41. The number of nitrogens with zero attached hydrogens (tertiary/aromatic N) is 1. The van der Waals surface area contributed by atoms with Crippen LogP contribution in [0.2, 0.25) is 0 Å². The SMILES string of the molecule is CC[C@H](C(=O)Nc1cccc(-c2cc3c(o2)CCN(C(=O)c2ccc4ccccc4c2)C3)c1)c1ccccc1. The van der Waals surface area contributed by atoms with E-state index >= 15 is 0 Å². The van der Waals surface area contributed by atoms with Gasteiger partial charge in [0.05, 0.1) is 5.92 Å². The zero-order chi connectivity index (χ0) is 26.8. The molecular weight excluding hydrogens is 484 g/mol. The Bertz CT molecular complexity index is 1650. The Hall–Kier alpha value is -4.64. The Labute approximate surface area is 228 Å². The summed E-state index contributed by atoms with van der Waals surface area (Å²) in [4.78, 5) is 28.3. The highest BCUT2D eigenvalue weighted by atomic mass is 16.3. The molecule has 0 aliphatic carbocycles. The zero-order valence-electron chi connectivity index (χ0n) is 21.9. The Kier molecular flexibility index (Phi) is 6.72. The van der Waals surface area contributed by atoms with E-state index in [1.807, 2.05) is 109 Å². The minimum absolute atomic E-state index is 0.0255. The molecule has 0 spiro atoms. The monoisotopic (exact) mass is 514 g/mol. The fraction of sp³-hybridized carbons (Fsp3) is 0.176. The maximum absolute atomic E-state index is 13.3. The van der Waals surface area contributed by atoms with E-state index in [0.717, 1.165) is 51.1 Å². The van der Waals surface area contributed by atoms with Crippen LogP contribution in [0.3, 0.4) is 0 Å². The zero-order valence-corrected chi connectivity index (χ0v) is 21.9. The molecule has 0 radical (unpaired) electrons. The molecule has 1 N–H and O–H groups in total. The standard InChI is InChI=1S/C34H30N2O3/c1-2-30(24-10-4-3-5-11-24)33(37)35-29-14-8-13-26(20-29)32-21-28-22-36(18-17-31(28)39-32)34(38)27-16-15-23-9-6-7-12-25(23)19-27/h3-16,19-21,30H,2,17-18,22H2,1H3,(H,35,37)/t30-/m0/s1. The van der Waals surface area contributed by atoms with Gasteiger partial charge in [-0.25, -0.2) is 0 Å². The van der Waals surface area contributed by atoms with Gasteiger partial charge >= 0.3 is 0 Å². The summed E-state index contributed by atoms with van der Waals surface area (Å²) in [5.74, 6) is 1.45. The van der Waals surface area contributed by atoms with Crippen molar-refractivity contribution in [3.8, 4) is 11.3 Å². The van der Waals surface area contributed by atoms with Crippen molar-refractivity contribution in [2.75, 3.05) is 11.9 Å². The quantitative estimate of drug-likeness (QED) is 0.256. The van der Waals surface area contributed by atoms with Gasteiger partial charge in [0.25, 0.3) is 5.91 Å². The van der Waals surface area contributed by atoms with E-state index in [2.05, 4.69) is 11.4 Å². The molecule has 1 aliphatic rings. The lowest BCUT2D eigenvalue weighted by molar-refractivity contribution is -0.117. The van der Waals surface area contributed by atoms with Crippen LogP contribution < -0.4 is 5.32 Å². The molecule has 6 rings (SSSR count). The predicted octanol–water partition coefficient (Wildman–Crippen LogP) is 7.43. The van der Waals surface area contributed by atoms with E-state index in [1.54, 1.807) is 0 Å². The number of carbonyl (C=O) groups is 2. The second-order valence-electron chi connectivity index (χ2n) is 10.0. The molecular formula is C34H30N2O3. The fourth-order valence-corrected chi connectivity index (χ4v) is 5.39. The van der Waals surface area contributed by atoms with Gasteiger partial charge in [0.2, 0.25) is 5.91 Å². The molecule has 0 saturated heterocycles. The largest absolute Gasteiger partial charge is 0.461 e. The summed E-state index contributed by atoms with van der Waals surface area (Å²) in [6.45, 7) is 3.14. The molecule has 194 valence electrons. The van der Waals surface area contributed by atoms with Gasteiger partial charge in [-0.2, -0.15) is 0 Å².